The number of rotatable bonds is 21. The molecule has 0 saturated carbocycles. The van der Waals surface area contributed by atoms with Crippen molar-refractivity contribution < 1.29 is 28.4 Å². The molecule has 4 aromatic rings. The third kappa shape index (κ3) is 12.0. The van der Waals surface area contributed by atoms with E-state index < -0.39 is 30.7 Å². The van der Waals surface area contributed by atoms with Gasteiger partial charge in [-0.25, -0.2) is 0 Å². The van der Waals surface area contributed by atoms with E-state index >= 15 is 0 Å². The highest BCUT2D eigenvalue weighted by Gasteiger charge is 2.49. The minimum Gasteiger partial charge on any atom is -0.374 e. The lowest BCUT2D eigenvalue weighted by Gasteiger charge is -2.46. The van der Waals surface area contributed by atoms with Crippen LogP contribution in [0.15, 0.2) is 121 Å². The maximum absolute atomic E-state index is 6.80. The second kappa shape index (κ2) is 20.9. The van der Waals surface area contributed by atoms with E-state index in [0.717, 1.165) is 35.1 Å². The summed E-state index contributed by atoms with van der Waals surface area (Å²) in [5.74, 6) is 0. The van der Waals surface area contributed by atoms with Crippen LogP contribution < -0.4 is 0 Å². The van der Waals surface area contributed by atoms with Crippen molar-refractivity contribution >= 4 is 0 Å². The van der Waals surface area contributed by atoms with E-state index in [4.69, 9.17) is 28.4 Å². The van der Waals surface area contributed by atoms with Crippen molar-refractivity contribution in [2.75, 3.05) is 13.2 Å². The third-order valence-electron chi connectivity index (χ3n) is 8.62. The van der Waals surface area contributed by atoms with E-state index in [9.17, 15) is 0 Å². The van der Waals surface area contributed by atoms with Crippen LogP contribution in [0.1, 0.15) is 67.7 Å². The molecule has 48 heavy (non-hydrogen) atoms. The Morgan fingerprint density at radius 3 is 1.42 bits per heavy atom. The van der Waals surface area contributed by atoms with Gasteiger partial charge in [-0.3, -0.25) is 0 Å². The summed E-state index contributed by atoms with van der Waals surface area (Å²) in [4.78, 5) is 0. The Morgan fingerprint density at radius 1 is 0.458 bits per heavy atom. The Bertz CT molecular complexity index is 1370. The van der Waals surface area contributed by atoms with Gasteiger partial charge in [-0.1, -0.05) is 160 Å². The number of benzene rings is 4. The molecule has 0 radical (unpaired) electrons. The summed E-state index contributed by atoms with van der Waals surface area (Å²) in [7, 11) is 0. The van der Waals surface area contributed by atoms with Crippen LogP contribution in [-0.4, -0.2) is 43.9 Å². The second-order valence-corrected chi connectivity index (χ2v) is 12.5. The van der Waals surface area contributed by atoms with Gasteiger partial charge in [0.2, 0.25) is 0 Å². The first-order valence-corrected chi connectivity index (χ1v) is 17.7. The molecule has 1 heterocycles. The van der Waals surface area contributed by atoms with Gasteiger partial charge in [-0.15, -0.1) is 0 Å². The van der Waals surface area contributed by atoms with Gasteiger partial charge in [0.1, 0.15) is 24.4 Å². The SMILES string of the molecule is CCCCCCCCO[C@H]1O[C@H](COCc2ccccc2)[C@@H](OCc2ccccc2)[C@H](OCc2ccccc2)[C@H]1OCc1ccccc1. The Balaban J connectivity index is 1.38. The van der Waals surface area contributed by atoms with Crippen molar-refractivity contribution in [2.24, 2.45) is 0 Å². The molecule has 5 rings (SSSR count). The van der Waals surface area contributed by atoms with E-state index in [0.29, 0.717) is 39.6 Å². The van der Waals surface area contributed by atoms with Crippen LogP contribution in [0.4, 0.5) is 0 Å². The maximum atomic E-state index is 6.80. The monoisotopic (exact) mass is 652 g/mol. The normalized spacial score (nSPS) is 20.9. The van der Waals surface area contributed by atoms with Gasteiger partial charge >= 0.3 is 0 Å². The summed E-state index contributed by atoms with van der Waals surface area (Å²) in [6.07, 6.45) is 4.51. The van der Waals surface area contributed by atoms with Crippen molar-refractivity contribution in [1.82, 2.24) is 0 Å². The van der Waals surface area contributed by atoms with Gasteiger partial charge < -0.3 is 28.4 Å². The van der Waals surface area contributed by atoms with Crippen LogP contribution in [0.25, 0.3) is 0 Å². The van der Waals surface area contributed by atoms with E-state index in [2.05, 4.69) is 55.5 Å². The predicted molar refractivity (Wildman–Crippen MR) is 189 cm³/mol. The smallest absolute Gasteiger partial charge is 0.186 e. The molecule has 1 saturated heterocycles. The fourth-order valence-corrected chi connectivity index (χ4v) is 5.96. The Hall–Kier alpha value is -3.36. The highest BCUT2D eigenvalue weighted by molar-refractivity contribution is 5.16. The third-order valence-corrected chi connectivity index (χ3v) is 8.62. The van der Waals surface area contributed by atoms with Crippen LogP contribution in [-0.2, 0) is 54.8 Å². The lowest BCUT2D eigenvalue weighted by atomic mass is 9.97. The van der Waals surface area contributed by atoms with Crippen molar-refractivity contribution in [3.63, 3.8) is 0 Å². The topological polar surface area (TPSA) is 55.4 Å². The average Bonchev–Trinajstić information content (AvgIpc) is 3.14. The lowest BCUT2D eigenvalue weighted by Crippen LogP contribution is -2.61. The molecule has 256 valence electrons. The minimum absolute atomic E-state index is 0.321. The van der Waals surface area contributed by atoms with Crippen molar-refractivity contribution in [2.45, 2.75) is 103 Å². The zero-order valence-electron chi connectivity index (χ0n) is 28.4. The van der Waals surface area contributed by atoms with Crippen LogP contribution in [0, 0.1) is 0 Å². The lowest BCUT2D eigenvalue weighted by molar-refractivity contribution is -0.328. The molecule has 0 aliphatic carbocycles. The molecule has 0 unspecified atom stereocenters. The standard InChI is InChI=1S/C42H52O6/c1-2-3-4-5-6-19-28-44-42-41(47-32-37-26-17-10-18-27-37)40(46-31-36-24-15-9-16-25-36)39(45-30-35-22-13-8-14-23-35)38(48-42)33-43-29-34-20-11-7-12-21-34/h7-18,20-27,38-42H,2-6,19,28-33H2,1H3/t38-,39-,40+,41-,42+/m1/s1. The highest BCUT2D eigenvalue weighted by atomic mass is 16.7. The molecule has 5 atom stereocenters. The summed E-state index contributed by atoms with van der Waals surface area (Å²) < 4.78 is 39.8. The summed E-state index contributed by atoms with van der Waals surface area (Å²) in [6.45, 7) is 4.83. The van der Waals surface area contributed by atoms with Crippen molar-refractivity contribution in [3.8, 4) is 0 Å². The fourth-order valence-electron chi connectivity index (χ4n) is 5.96. The molecule has 0 spiro atoms. The average molecular weight is 653 g/mol. The summed E-state index contributed by atoms with van der Waals surface area (Å²) in [5, 5.41) is 0. The molecular weight excluding hydrogens is 600 g/mol. The van der Waals surface area contributed by atoms with E-state index in [1.807, 2.05) is 72.8 Å². The molecule has 6 nitrogen and oxygen atoms in total. The molecule has 0 N–H and O–H groups in total. The van der Waals surface area contributed by atoms with Gasteiger partial charge in [-0.2, -0.15) is 0 Å². The predicted octanol–water partition coefficient (Wildman–Crippen LogP) is 9.06. The van der Waals surface area contributed by atoms with E-state index in [-0.39, 0.29) is 0 Å². The number of hydrogen-bond donors (Lipinski definition) is 0. The minimum atomic E-state index is -0.646. The molecule has 0 aromatic heterocycles. The highest BCUT2D eigenvalue weighted by Crippen LogP contribution is 2.32. The first-order chi connectivity index (χ1) is 23.8. The maximum Gasteiger partial charge on any atom is 0.186 e. The molecule has 0 bridgehead atoms. The number of ether oxygens (including phenoxy) is 6. The molecule has 4 aromatic carbocycles. The second-order valence-electron chi connectivity index (χ2n) is 12.5. The van der Waals surface area contributed by atoms with Gasteiger partial charge in [0, 0.05) is 6.61 Å². The van der Waals surface area contributed by atoms with Crippen LogP contribution >= 0.6 is 0 Å². The zero-order chi connectivity index (χ0) is 33.1. The molecule has 1 aliphatic rings. The van der Waals surface area contributed by atoms with Crippen molar-refractivity contribution in [1.29, 1.82) is 0 Å². The van der Waals surface area contributed by atoms with Crippen molar-refractivity contribution in [3.05, 3.63) is 144 Å². The first kappa shape index (κ1) is 35.9. The molecular formula is C42H52O6. The van der Waals surface area contributed by atoms with E-state index in [1.165, 1.54) is 25.7 Å². The molecule has 0 amide bonds. The molecule has 6 heteroatoms. The quantitative estimate of drug-likeness (QED) is 0.0838. The first-order valence-electron chi connectivity index (χ1n) is 17.7. The Labute approximate surface area is 287 Å². The molecule has 1 aliphatic heterocycles. The Morgan fingerprint density at radius 2 is 0.896 bits per heavy atom. The summed E-state index contributed by atoms with van der Waals surface area (Å²) in [5.41, 5.74) is 4.33. The zero-order valence-corrected chi connectivity index (χ0v) is 28.4. The van der Waals surface area contributed by atoms with Crippen LogP contribution in [0.3, 0.4) is 0 Å². The largest absolute Gasteiger partial charge is 0.374 e. The van der Waals surface area contributed by atoms with Gasteiger partial charge in [0.25, 0.3) is 0 Å². The van der Waals surface area contributed by atoms with Gasteiger partial charge in [0.05, 0.1) is 33.0 Å². The summed E-state index contributed by atoms with van der Waals surface area (Å²) >= 11 is 0. The van der Waals surface area contributed by atoms with Gasteiger partial charge in [-0.05, 0) is 28.7 Å². The molecule has 1 fully saturated rings. The number of unbranched alkanes of at least 4 members (excludes halogenated alkanes) is 5. The van der Waals surface area contributed by atoms with Crippen LogP contribution in [0.5, 0.6) is 0 Å². The van der Waals surface area contributed by atoms with Crippen LogP contribution in [0.2, 0.25) is 0 Å². The number of hydrogen-bond acceptors (Lipinski definition) is 6. The van der Waals surface area contributed by atoms with Gasteiger partial charge in [0.15, 0.2) is 6.29 Å². The summed E-state index contributed by atoms with van der Waals surface area (Å²) in [6, 6.07) is 40.8. The van der Waals surface area contributed by atoms with E-state index in [1.54, 1.807) is 0 Å². The fraction of sp³-hybridized carbons (Fsp3) is 0.429. The Kier molecular flexibility index (Phi) is 15.6.